The molecule has 0 radical (unpaired) electrons. The zero-order valence-corrected chi connectivity index (χ0v) is 17.7. The third kappa shape index (κ3) is 4.78. The van der Waals surface area contributed by atoms with Gasteiger partial charge < -0.3 is 0 Å². The Kier molecular flexibility index (Phi) is 6.27. The van der Waals surface area contributed by atoms with Gasteiger partial charge in [-0.1, -0.05) is 25.3 Å². The maximum absolute atomic E-state index is 12.9. The normalized spacial score (nSPS) is 15.8. The van der Waals surface area contributed by atoms with Gasteiger partial charge in [0.05, 0.1) is 21.4 Å². The summed E-state index contributed by atoms with van der Waals surface area (Å²) in [5.74, 6) is 0. The van der Waals surface area contributed by atoms with Gasteiger partial charge in [-0.25, -0.2) is 16.8 Å². The Morgan fingerprint density at radius 3 is 2.24 bits per heavy atom. The van der Waals surface area contributed by atoms with Gasteiger partial charge in [-0.15, -0.1) is 0 Å². The van der Waals surface area contributed by atoms with Crippen LogP contribution in [0.1, 0.15) is 37.7 Å². The third-order valence-corrected chi connectivity index (χ3v) is 8.45. The maximum Gasteiger partial charge on any atom is 0.261 e. The average Bonchev–Trinajstić information content (AvgIpc) is 2.74. The van der Waals surface area contributed by atoms with Gasteiger partial charge in [0.25, 0.3) is 10.0 Å². The molecule has 2 aromatic rings. The van der Waals surface area contributed by atoms with Crippen molar-refractivity contribution in [1.29, 1.82) is 5.26 Å². The fourth-order valence-corrected chi connectivity index (χ4v) is 5.97. The van der Waals surface area contributed by atoms with E-state index in [0.717, 1.165) is 32.1 Å². The number of hydrogen-bond donors (Lipinski definition) is 1. The van der Waals surface area contributed by atoms with Crippen LogP contribution in [0, 0.1) is 11.3 Å². The maximum atomic E-state index is 12.9. The molecule has 9 heteroatoms. The quantitative estimate of drug-likeness (QED) is 0.752. The van der Waals surface area contributed by atoms with Gasteiger partial charge in [0, 0.05) is 18.8 Å². The van der Waals surface area contributed by atoms with Crippen molar-refractivity contribution in [1.82, 2.24) is 4.31 Å². The fraction of sp³-hybridized carbons (Fsp3) is 0.350. The Balaban J connectivity index is 1.78. The third-order valence-electron chi connectivity index (χ3n) is 5.15. The molecule has 1 fully saturated rings. The van der Waals surface area contributed by atoms with Crippen molar-refractivity contribution in [2.75, 3.05) is 11.8 Å². The molecule has 154 valence electrons. The van der Waals surface area contributed by atoms with Crippen LogP contribution in [0.15, 0.2) is 58.3 Å². The first-order valence-corrected chi connectivity index (χ1v) is 12.3. The monoisotopic (exact) mass is 433 g/mol. The van der Waals surface area contributed by atoms with E-state index in [1.807, 2.05) is 6.07 Å². The van der Waals surface area contributed by atoms with Crippen LogP contribution in [0.4, 0.5) is 5.69 Å². The summed E-state index contributed by atoms with van der Waals surface area (Å²) in [6.07, 6.45) is 4.90. The Labute approximate surface area is 172 Å². The molecule has 0 aromatic heterocycles. The minimum atomic E-state index is -3.89. The number of nitrogens with one attached hydrogen (secondary N) is 1. The molecule has 2 aromatic carbocycles. The van der Waals surface area contributed by atoms with Crippen LogP contribution in [-0.4, -0.2) is 34.2 Å². The molecular weight excluding hydrogens is 410 g/mol. The number of nitriles is 1. The summed E-state index contributed by atoms with van der Waals surface area (Å²) in [6.45, 7) is 0. The van der Waals surface area contributed by atoms with E-state index in [1.165, 1.54) is 52.8 Å². The molecule has 0 saturated heterocycles. The summed E-state index contributed by atoms with van der Waals surface area (Å²) in [5, 5.41) is 8.94. The summed E-state index contributed by atoms with van der Waals surface area (Å²) in [4.78, 5) is 0.0882. The number of hydrogen-bond acceptors (Lipinski definition) is 5. The number of sulfonamides is 2. The van der Waals surface area contributed by atoms with Crippen molar-refractivity contribution in [3.63, 3.8) is 0 Å². The van der Waals surface area contributed by atoms with Crippen LogP contribution < -0.4 is 4.72 Å². The lowest BCUT2D eigenvalue weighted by Crippen LogP contribution is -2.38. The van der Waals surface area contributed by atoms with Gasteiger partial charge >= 0.3 is 0 Å². The lowest BCUT2D eigenvalue weighted by atomic mass is 9.96. The topological polar surface area (TPSA) is 107 Å². The lowest BCUT2D eigenvalue weighted by molar-refractivity contribution is 0.286. The van der Waals surface area contributed by atoms with Crippen LogP contribution in [0.25, 0.3) is 0 Å². The van der Waals surface area contributed by atoms with Crippen LogP contribution in [-0.2, 0) is 20.0 Å². The van der Waals surface area contributed by atoms with Crippen molar-refractivity contribution in [2.24, 2.45) is 0 Å². The summed E-state index contributed by atoms with van der Waals surface area (Å²) in [6, 6.07) is 13.2. The van der Waals surface area contributed by atoms with E-state index >= 15 is 0 Å². The van der Waals surface area contributed by atoms with Crippen molar-refractivity contribution in [2.45, 2.75) is 47.9 Å². The van der Waals surface area contributed by atoms with Crippen LogP contribution in [0.2, 0.25) is 0 Å². The molecule has 7 nitrogen and oxygen atoms in total. The first-order chi connectivity index (χ1) is 13.7. The van der Waals surface area contributed by atoms with E-state index in [2.05, 4.69) is 4.72 Å². The van der Waals surface area contributed by atoms with Crippen LogP contribution in [0.5, 0.6) is 0 Å². The molecule has 0 amide bonds. The van der Waals surface area contributed by atoms with Gasteiger partial charge in [0.2, 0.25) is 10.0 Å². The molecule has 1 N–H and O–H groups in total. The lowest BCUT2D eigenvalue weighted by Gasteiger charge is -2.30. The highest BCUT2D eigenvalue weighted by Crippen LogP contribution is 2.27. The Hall–Kier alpha value is -2.41. The highest BCUT2D eigenvalue weighted by Gasteiger charge is 2.29. The Morgan fingerprint density at radius 1 is 0.966 bits per heavy atom. The molecule has 3 rings (SSSR count). The summed E-state index contributed by atoms with van der Waals surface area (Å²) < 4.78 is 54.6. The van der Waals surface area contributed by atoms with Crippen LogP contribution in [0.3, 0.4) is 0 Å². The second kappa shape index (κ2) is 8.53. The van der Waals surface area contributed by atoms with Crippen LogP contribution >= 0.6 is 0 Å². The van der Waals surface area contributed by atoms with E-state index < -0.39 is 20.0 Å². The predicted molar refractivity (Wildman–Crippen MR) is 110 cm³/mol. The zero-order valence-electron chi connectivity index (χ0n) is 16.1. The van der Waals surface area contributed by atoms with E-state index in [-0.39, 0.29) is 27.1 Å². The molecule has 29 heavy (non-hydrogen) atoms. The second-order valence-electron chi connectivity index (χ2n) is 7.08. The molecule has 0 spiro atoms. The smallest absolute Gasteiger partial charge is 0.261 e. The first-order valence-electron chi connectivity index (χ1n) is 9.35. The summed E-state index contributed by atoms with van der Waals surface area (Å²) in [7, 11) is -5.93. The molecule has 0 aliphatic heterocycles. The molecule has 1 aliphatic carbocycles. The largest absolute Gasteiger partial charge is 0.280 e. The minimum absolute atomic E-state index is 0.000611. The number of anilines is 1. The number of benzene rings is 2. The van der Waals surface area contributed by atoms with Crippen molar-refractivity contribution < 1.29 is 16.8 Å². The van der Waals surface area contributed by atoms with Gasteiger partial charge in [-0.05, 0) is 55.3 Å². The highest BCUT2D eigenvalue weighted by atomic mass is 32.2. The van der Waals surface area contributed by atoms with Gasteiger partial charge in [-0.3, -0.25) is 4.72 Å². The van der Waals surface area contributed by atoms with Gasteiger partial charge in [0.15, 0.2) is 0 Å². The van der Waals surface area contributed by atoms with E-state index in [0.29, 0.717) is 0 Å². The van der Waals surface area contributed by atoms with E-state index in [4.69, 9.17) is 5.26 Å². The van der Waals surface area contributed by atoms with E-state index in [9.17, 15) is 16.8 Å². The summed E-state index contributed by atoms with van der Waals surface area (Å²) >= 11 is 0. The molecule has 0 bridgehead atoms. The van der Waals surface area contributed by atoms with Crippen molar-refractivity contribution >= 4 is 25.7 Å². The zero-order chi connectivity index (χ0) is 21.1. The van der Waals surface area contributed by atoms with Crippen molar-refractivity contribution in [3.8, 4) is 6.07 Å². The minimum Gasteiger partial charge on any atom is -0.280 e. The predicted octanol–water partition coefficient (Wildman–Crippen LogP) is 3.31. The molecule has 0 unspecified atom stereocenters. The average molecular weight is 434 g/mol. The first kappa shape index (κ1) is 21.3. The van der Waals surface area contributed by atoms with E-state index in [1.54, 1.807) is 7.05 Å². The summed E-state index contributed by atoms with van der Waals surface area (Å²) in [5.41, 5.74) is 0.478. The fourth-order valence-electron chi connectivity index (χ4n) is 3.45. The molecule has 1 saturated carbocycles. The Bertz CT molecular complexity index is 1120. The number of nitrogens with zero attached hydrogens (tertiary/aromatic N) is 2. The number of rotatable bonds is 6. The van der Waals surface area contributed by atoms with Gasteiger partial charge in [0.1, 0.15) is 0 Å². The second-order valence-corrected chi connectivity index (χ2v) is 10.8. The van der Waals surface area contributed by atoms with Gasteiger partial charge in [-0.2, -0.15) is 9.57 Å². The molecule has 0 atom stereocenters. The highest BCUT2D eigenvalue weighted by molar-refractivity contribution is 7.92. The standard InChI is InChI=1S/C20H23N3O4S2/c1-23(18-7-3-2-4-8-18)29(26,27)19-12-10-17(11-13-19)22-28(24,25)20-9-5-6-16(14-20)15-21/h5-6,9-14,18,22H,2-4,7-8H2,1H3. The SMILES string of the molecule is CN(C1CCCCC1)S(=O)(=O)c1ccc(NS(=O)(=O)c2cccc(C#N)c2)cc1. The molecule has 0 heterocycles. The molecule has 1 aliphatic rings. The molecular formula is C20H23N3O4S2. The Morgan fingerprint density at radius 2 is 1.62 bits per heavy atom. The van der Waals surface area contributed by atoms with Crippen molar-refractivity contribution in [3.05, 3.63) is 54.1 Å².